The molecule has 0 saturated heterocycles. The van der Waals surface area contributed by atoms with Crippen LogP contribution >= 0.6 is 11.6 Å². The predicted octanol–water partition coefficient (Wildman–Crippen LogP) is 6.68. The average molecular weight is 659 g/mol. The van der Waals surface area contributed by atoms with Crippen LogP contribution in [-0.2, 0) is 32.5 Å². The normalized spacial score (nSPS) is 22.8. The number of methoxy groups -OCH3 is 1. The predicted molar refractivity (Wildman–Crippen MR) is 178 cm³/mol. The van der Waals surface area contributed by atoms with E-state index in [1.807, 2.05) is 39.0 Å². The highest BCUT2D eigenvalue weighted by Gasteiger charge is 2.42. The van der Waals surface area contributed by atoms with Crippen LogP contribution < -0.4 is 14.8 Å². The minimum atomic E-state index is -3.46. The third-order valence-corrected chi connectivity index (χ3v) is 10.3. The number of halogens is 1. The van der Waals surface area contributed by atoms with Gasteiger partial charge in [-0.15, -0.1) is 0 Å². The van der Waals surface area contributed by atoms with Gasteiger partial charge in [-0.2, -0.15) is 0 Å². The SMILES string of the molecule is CO[C@H](C1=CC(CCS(N)(=O)=O)C1)[C@@H]1CC[C@H]1CN1Cc2ccc(Cl)cc2CCCCOc2ccc(C(=O)OC(C)(C)C)cc21. The van der Waals surface area contributed by atoms with Gasteiger partial charge in [-0.3, -0.25) is 0 Å². The van der Waals surface area contributed by atoms with Crippen LogP contribution in [-0.4, -0.2) is 52.1 Å². The minimum Gasteiger partial charge on any atom is -0.491 e. The number of nitrogens with zero attached hydrogens (tertiary/aromatic N) is 1. The number of hydrogen-bond acceptors (Lipinski definition) is 7. The van der Waals surface area contributed by atoms with Crippen molar-refractivity contribution in [3.63, 3.8) is 0 Å². The van der Waals surface area contributed by atoms with Crippen molar-refractivity contribution in [2.24, 2.45) is 22.9 Å². The summed E-state index contributed by atoms with van der Waals surface area (Å²) >= 11 is 6.44. The van der Waals surface area contributed by atoms with E-state index in [2.05, 4.69) is 23.1 Å². The van der Waals surface area contributed by atoms with Crippen molar-refractivity contribution in [1.29, 1.82) is 0 Å². The largest absolute Gasteiger partial charge is 0.491 e. The Hall–Kier alpha value is -2.59. The molecule has 0 radical (unpaired) electrons. The molecule has 0 spiro atoms. The molecular formula is C35H47ClN2O6S. The van der Waals surface area contributed by atoms with E-state index in [1.165, 1.54) is 16.7 Å². The van der Waals surface area contributed by atoms with Gasteiger partial charge in [0.05, 0.1) is 29.7 Å². The summed E-state index contributed by atoms with van der Waals surface area (Å²) < 4.78 is 41.0. The Morgan fingerprint density at radius 1 is 1.13 bits per heavy atom. The molecule has 1 aliphatic heterocycles. The Balaban J connectivity index is 1.44. The van der Waals surface area contributed by atoms with Crippen LogP contribution in [0.1, 0.15) is 80.8 Å². The lowest BCUT2D eigenvalue weighted by molar-refractivity contribution is 0.000676. The maximum Gasteiger partial charge on any atom is 0.338 e. The number of hydrogen-bond donors (Lipinski definition) is 1. The van der Waals surface area contributed by atoms with Crippen molar-refractivity contribution >= 4 is 33.3 Å². The van der Waals surface area contributed by atoms with Crippen LogP contribution in [0.5, 0.6) is 5.75 Å². The van der Waals surface area contributed by atoms with E-state index in [0.717, 1.165) is 61.5 Å². The zero-order chi connectivity index (χ0) is 32.4. The van der Waals surface area contributed by atoms with E-state index in [4.69, 9.17) is 31.0 Å². The first-order valence-corrected chi connectivity index (χ1v) is 18.2. The van der Waals surface area contributed by atoms with Crippen LogP contribution in [0, 0.1) is 17.8 Å². The first-order chi connectivity index (χ1) is 21.3. The molecule has 1 unspecified atom stereocenters. The summed E-state index contributed by atoms with van der Waals surface area (Å²) in [4.78, 5) is 15.5. The maximum atomic E-state index is 13.2. The highest BCUT2D eigenvalue weighted by Crippen LogP contribution is 2.46. The van der Waals surface area contributed by atoms with Crippen LogP contribution in [0.2, 0.25) is 5.02 Å². The van der Waals surface area contributed by atoms with Crippen LogP contribution in [0.3, 0.4) is 0 Å². The Morgan fingerprint density at radius 2 is 1.91 bits per heavy atom. The topological polar surface area (TPSA) is 108 Å². The number of carbonyl (C=O) groups is 1. The number of allylic oxidation sites excluding steroid dienone is 1. The standard InChI is InChI=1S/C35H47ClN2O6S/c1-35(2,3)44-34(39)25-10-13-32-31(20-25)38(21-26-8-11-29(36)19-24(26)7-5-6-15-43-32)22-27-9-12-30(27)33(42-4)28-17-23(18-28)14-16-45(37,40)41/h8,10-11,13,17,19-20,23,27,30,33H,5-7,9,12,14-16,18,21-22H2,1-4H3,(H2,37,40,41)/t23?,27-,30+,33+/m0/s1. The van der Waals surface area contributed by atoms with Gasteiger partial charge < -0.3 is 19.1 Å². The van der Waals surface area contributed by atoms with Crippen molar-refractivity contribution in [2.45, 2.75) is 84.0 Å². The molecule has 2 N–H and O–H groups in total. The van der Waals surface area contributed by atoms with E-state index in [9.17, 15) is 13.2 Å². The van der Waals surface area contributed by atoms with Gasteiger partial charge >= 0.3 is 5.97 Å². The molecule has 2 aromatic carbocycles. The Bertz CT molecular complexity index is 1520. The van der Waals surface area contributed by atoms with Crippen LogP contribution in [0.15, 0.2) is 48.0 Å². The molecule has 2 aliphatic carbocycles. The highest BCUT2D eigenvalue weighted by atomic mass is 35.5. The van der Waals surface area contributed by atoms with Gasteiger partial charge in [0.2, 0.25) is 10.0 Å². The summed E-state index contributed by atoms with van der Waals surface area (Å²) in [6, 6.07) is 11.8. The fourth-order valence-electron chi connectivity index (χ4n) is 6.77. The van der Waals surface area contributed by atoms with Crippen molar-refractivity contribution in [3.05, 3.63) is 69.8 Å². The first-order valence-electron chi connectivity index (χ1n) is 16.1. The summed E-state index contributed by atoms with van der Waals surface area (Å²) in [6.45, 7) is 7.62. The lowest BCUT2D eigenvalue weighted by atomic mass is 9.65. The van der Waals surface area contributed by atoms with E-state index in [-0.39, 0.29) is 23.7 Å². The number of aryl methyl sites for hydroxylation is 1. The number of carbonyl (C=O) groups excluding carboxylic acids is 1. The first kappa shape index (κ1) is 33.8. The van der Waals surface area contributed by atoms with Crippen molar-refractivity contribution in [1.82, 2.24) is 0 Å². The molecule has 1 saturated carbocycles. The number of fused-ring (bicyclic) bond motifs is 2. The van der Waals surface area contributed by atoms with Crippen LogP contribution in [0.4, 0.5) is 5.69 Å². The second kappa shape index (κ2) is 14.0. The van der Waals surface area contributed by atoms with Gasteiger partial charge in [0.25, 0.3) is 0 Å². The number of rotatable bonds is 9. The minimum absolute atomic E-state index is 0.000438. The summed E-state index contributed by atoms with van der Waals surface area (Å²) in [5.74, 6) is 1.32. The molecule has 10 heteroatoms. The van der Waals surface area contributed by atoms with Crippen molar-refractivity contribution in [3.8, 4) is 5.75 Å². The third-order valence-electron chi connectivity index (χ3n) is 9.22. The van der Waals surface area contributed by atoms with Gasteiger partial charge in [-0.05, 0) is 131 Å². The third kappa shape index (κ3) is 8.82. The fourth-order valence-corrected chi connectivity index (χ4v) is 7.60. The number of sulfonamides is 1. The molecule has 4 atom stereocenters. The fraction of sp³-hybridized carbons (Fsp3) is 0.571. The highest BCUT2D eigenvalue weighted by molar-refractivity contribution is 7.89. The van der Waals surface area contributed by atoms with E-state index in [0.29, 0.717) is 37.0 Å². The quantitative estimate of drug-likeness (QED) is 0.236. The molecule has 246 valence electrons. The van der Waals surface area contributed by atoms with E-state index >= 15 is 0 Å². The van der Waals surface area contributed by atoms with E-state index in [1.54, 1.807) is 13.2 Å². The summed E-state index contributed by atoms with van der Waals surface area (Å²) in [7, 11) is -1.70. The number of ether oxygens (including phenoxy) is 3. The molecule has 5 rings (SSSR count). The second-order valence-corrected chi connectivity index (χ2v) is 16.0. The lowest BCUT2D eigenvalue weighted by Crippen LogP contribution is -2.45. The monoisotopic (exact) mass is 658 g/mol. The van der Waals surface area contributed by atoms with Crippen molar-refractivity contribution in [2.75, 3.05) is 30.9 Å². The van der Waals surface area contributed by atoms with Crippen LogP contribution in [0.25, 0.3) is 0 Å². The smallest absolute Gasteiger partial charge is 0.338 e. The average Bonchev–Trinajstić information content (AvgIpc) is 2.95. The Labute approximate surface area is 273 Å². The Kier molecular flexibility index (Phi) is 10.5. The van der Waals surface area contributed by atoms with Gasteiger partial charge in [0.1, 0.15) is 11.4 Å². The number of nitrogens with two attached hydrogens (primary N) is 1. The van der Waals surface area contributed by atoms with Gasteiger partial charge in [-0.25, -0.2) is 18.4 Å². The molecule has 0 amide bonds. The number of benzene rings is 2. The van der Waals surface area contributed by atoms with Crippen molar-refractivity contribution < 1.29 is 27.4 Å². The molecule has 2 aromatic rings. The van der Waals surface area contributed by atoms with Gasteiger partial charge in [0, 0.05) is 25.2 Å². The van der Waals surface area contributed by atoms with Gasteiger partial charge in [-0.1, -0.05) is 23.7 Å². The molecule has 8 nitrogen and oxygen atoms in total. The molecule has 3 aliphatic rings. The summed E-state index contributed by atoms with van der Waals surface area (Å²) in [5, 5.41) is 5.96. The molecular weight excluding hydrogens is 612 g/mol. The molecule has 0 bridgehead atoms. The molecule has 1 fully saturated rings. The van der Waals surface area contributed by atoms with Gasteiger partial charge in [0.15, 0.2) is 0 Å². The number of anilines is 1. The molecule has 0 aromatic heterocycles. The van der Waals surface area contributed by atoms with E-state index < -0.39 is 15.6 Å². The number of primary sulfonamides is 1. The summed E-state index contributed by atoms with van der Waals surface area (Å²) in [5.41, 5.74) is 4.48. The molecule has 1 heterocycles. The Morgan fingerprint density at radius 3 is 2.58 bits per heavy atom. The zero-order valence-electron chi connectivity index (χ0n) is 26.9. The molecule has 45 heavy (non-hydrogen) atoms. The lowest BCUT2D eigenvalue weighted by Gasteiger charge is -2.46. The number of esters is 1. The zero-order valence-corrected chi connectivity index (χ0v) is 28.5. The summed E-state index contributed by atoms with van der Waals surface area (Å²) in [6.07, 6.45) is 8.50. The second-order valence-electron chi connectivity index (χ2n) is 13.8. The maximum absolute atomic E-state index is 13.2.